The number of carbonyl (C=O) groups excluding carboxylic acids is 1. The molecule has 0 radical (unpaired) electrons. The number of rotatable bonds is 4. The summed E-state index contributed by atoms with van der Waals surface area (Å²) in [7, 11) is 1.90. The lowest BCUT2D eigenvalue weighted by molar-refractivity contribution is -0.123. The Morgan fingerprint density at radius 1 is 1.43 bits per heavy atom. The molecule has 6 heteroatoms. The minimum absolute atomic E-state index is 0.0478. The van der Waals surface area contributed by atoms with Crippen molar-refractivity contribution in [1.29, 1.82) is 0 Å². The molecule has 1 aromatic carbocycles. The van der Waals surface area contributed by atoms with Crippen molar-refractivity contribution in [2.24, 2.45) is 7.05 Å². The quantitative estimate of drug-likeness (QED) is 0.841. The van der Waals surface area contributed by atoms with Crippen LogP contribution in [0.15, 0.2) is 30.6 Å². The minimum Gasteiger partial charge on any atom is -0.354 e. The summed E-state index contributed by atoms with van der Waals surface area (Å²) in [6, 6.07) is 8.09. The van der Waals surface area contributed by atoms with Crippen LogP contribution >= 0.6 is 0 Å². The van der Waals surface area contributed by atoms with Crippen molar-refractivity contribution in [3.63, 3.8) is 0 Å². The van der Waals surface area contributed by atoms with Crippen LogP contribution in [0, 0.1) is 0 Å². The molecule has 21 heavy (non-hydrogen) atoms. The molecule has 0 saturated heterocycles. The van der Waals surface area contributed by atoms with Crippen molar-refractivity contribution in [2.45, 2.75) is 25.4 Å². The minimum atomic E-state index is -0.153. The van der Waals surface area contributed by atoms with Gasteiger partial charge in [0.15, 0.2) is 0 Å². The van der Waals surface area contributed by atoms with Crippen LogP contribution < -0.4 is 10.6 Å². The second kappa shape index (κ2) is 6.05. The van der Waals surface area contributed by atoms with E-state index in [0.717, 1.165) is 18.8 Å². The molecule has 2 heterocycles. The van der Waals surface area contributed by atoms with E-state index in [1.54, 1.807) is 6.33 Å². The Balaban J connectivity index is 1.52. The molecule has 3 rings (SSSR count). The molecule has 1 aliphatic rings. The summed E-state index contributed by atoms with van der Waals surface area (Å²) in [5.74, 6) is 0.920. The SMILES string of the molecule is Cn1cnnc1CCNC(=O)[C@H]1Cc2ccccc2CN1. The van der Waals surface area contributed by atoms with Crippen molar-refractivity contribution in [1.82, 2.24) is 25.4 Å². The summed E-state index contributed by atoms with van der Waals surface area (Å²) in [6.07, 6.45) is 3.09. The molecule has 6 nitrogen and oxygen atoms in total. The summed E-state index contributed by atoms with van der Waals surface area (Å²) >= 11 is 0. The first-order valence-corrected chi connectivity index (χ1v) is 7.15. The van der Waals surface area contributed by atoms with Crippen LogP contribution in [0.3, 0.4) is 0 Å². The topological polar surface area (TPSA) is 71.8 Å². The monoisotopic (exact) mass is 285 g/mol. The van der Waals surface area contributed by atoms with Crippen molar-refractivity contribution in [3.05, 3.63) is 47.5 Å². The highest BCUT2D eigenvalue weighted by Gasteiger charge is 2.23. The molecule has 2 aromatic rings. The Labute approximate surface area is 123 Å². The summed E-state index contributed by atoms with van der Waals surface area (Å²) in [5.41, 5.74) is 2.53. The van der Waals surface area contributed by atoms with Crippen LogP contribution in [0.5, 0.6) is 0 Å². The van der Waals surface area contributed by atoms with E-state index in [9.17, 15) is 4.79 Å². The second-order valence-corrected chi connectivity index (χ2v) is 5.31. The van der Waals surface area contributed by atoms with Gasteiger partial charge in [-0.15, -0.1) is 10.2 Å². The molecule has 0 bridgehead atoms. The zero-order valence-electron chi connectivity index (χ0n) is 12.0. The molecule has 0 spiro atoms. The Morgan fingerprint density at radius 2 is 2.24 bits per heavy atom. The fourth-order valence-electron chi connectivity index (χ4n) is 2.59. The fourth-order valence-corrected chi connectivity index (χ4v) is 2.59. The third-order valence-electron chi connectivity index (χ3n) is 3.85. The number of fused-ring (bicyclic) bond motifs is 1. The van der Waals surface area contributed by atoms with Crippen LogP contribution in [0.1, 0.15) is 17.0 Å². The highest BCUT2D eigenvalue weighted by Crippen LogP contribution is 2.16. The average Bonchev–Trinajstić information content (AvgIpc) is 2.92. The van der Waals surface area contributed by atoms with E-state index in [2.05, 4.69) is 33.0 Å². The molecule has 110 valence electrons. The predicted octanol–water partition coefficient (Wildman–Crippen LogP) is 0.188. The third-order valence-corrected chi connectivity index (χ3v) is 3.85. The van der Waals surface area contributed by atoms with E-state index < -0.39 is 0 Å². The third kappa shape index (κ3) is 3.11. The zero-order chi connectivity index (χ0) is 14.7. The number of amides is 1. The van der Waals surface area contributed by atoms with E-state index in [-0.39, 0.29) is 11.9 Å². The van der Waals surface area contributed by atoms with Gasteiger partial charge in [0.2, 0.25) is 5.91 Å². The first kappa shape index (κ1) is 13.8. The second-order valence-electron chi connectivity index (χ2n) is 5.31. The van der Waals surface area contributed by atoms with Crippen LogP contribution in [0.2, 0.25) is 0 Å². The molecule has 1 aliphatic heterocycles. The number of nitrogens with one attached hydrogen (secondary N) is 2. The molecule has 0 fully saturated rings. The Hall–Kier alpha value is -2.21. The molecule has 1 atom stereocenters. The van der Waals surface area contributed by atoms with Gasteiger partial charge in [-0.3, -0.25) is 4.79 Å². The molecule has 0 saturated carbocycles. The number of aromatic nitrogens is 3. The lowest BCUT2D eigenvalue weighted by Gasteiger charge is -2.25. The smallest absolute Gasteiger partial charge is 0.237 e. The van der Waals surface area contributed by atoms with E-state index in [0.29, 0.717) is 13.0 Å². The van der Waals surface area contributed by atoms with Crippen LogP contribution in [-0.4, -0.2) is 33.3 Å². The van der Waals surface area contributed by atoms with Gasteiger partial charge in [0.25, 0.3) is 0 Å². The Bertz CT molecular complexity index is 636. The fraction of sp³-hybridized carbons (Fsp3) is 0.400. The van der Waals surface area contributed by atoms with Gasteiger partial charge in [-0.05, 0) is 17.5 Å². The average molecular weight is 285 g/mol. The Kier molecular flexibility index (Phi) is 3.96. The molecule has 0 unspecified atom stereocenters. The van der Waals surface area contributed by atoms with Crippen LogP contribution in [-0.2, 0) is 31.2 Å². The molecular weight excluding hydrogens is 266 g/mol. The Morgan fingerprint density at radius 3 is 3.00 bits per heavy atom. The molecule has 1 amide bonds. The number of hydrogen-bond acceptors (Lipinski definition) is 4. The van der Waals surface area contributed by atoms with Gasteiger partial charge < -0.3 is 15.2 Å². The molecule has 0 aliphatic carbocycles. The van der Waals surface area contributed by atoms with E-state index in [1.807, 2.05) is 23.7 Å². The highest BCUT2D eigenvalue weighted by atomic mass is 16.2. The lowest BCUT2D eigenvalue weighted by Crippen LogP contribution is -2.48. The molecular formula is C15H19N5O. The predicted molar refractivity (Wildman–Crippen MR) is 78.5 cm³/mol. The van der Waals surface area contributed by atoms with E-state index in [1.165, 1.54) is 11.1 Å². The lowest BCUT2D eigenvalue weighted by atomic mass is 9.95. The molecule has 2 N–H and O–H groups in total. The van der Waals surface area contributed by atoms with Gasteiger partial charge >= 0.3 is 0 Å². The van der Waals surface area contributed by atoms with Crippen molar-refractivity contribution in [3.8, 4) is 0 Å². The van der Waals surface area contributed by atoms with Gasteiger partial charge in [-0.1, -0.05) is 24.3 Å². The van der Waals surface area contributed by atoms with Crippen LogP contribution in [0.4, 0.5) is 0 Å². The number of benzene rings is 1. The number of carbonyl (C=O) groups is 1. The molecule has 1 aromatic heterocycles. The first-order chi connectivity index (χ1) is 10.2. The van der Waals surface area contributed by atoms with Crippen molar-refractivity contribution >= 4 is 5.91 Å². The van der Waals surface area contributed by atoms with Crippen LogP contribution in [0.25, 0.3) is 0 Å². The number of hydrogen-bond donors (Lipinski definition) is 2. The zero-order valence-corrected chi connectivity index (χ0v) is 12.0. The summed E-state index contributed by atoms with van der Waals surface area (Å²) in [6.45, 7) is 1.32. The largest absolute Gasteiger partial charge is 0.354 e. The van der Waals surface area contributed by atoms with Gasteiger partial charge in [-0.2, -0.15) is 0 Å². The standard InChI is InChI=1S/C15H19N5O/c1-20-10-18-19-14(20)6-7-16-15(21)13-8-11-4-2-3-5-12(11)9-17-13/h2-5,10,13,17H,6-9H2,1H3,(H,16,21)/t13-/m1/s1. The maximum atomic E-state index is 12.2. The van der Waals surface area contributed by atoms with E-state index >= 15 is 0 Å². The van der Waals surface area contributed by atoms with Gasteiger partial charge in [0.1, 0.15) is 12.2 Å². The number of aryl methyl sites for hydroxylation is 1. The van der Waals surface area contributed by atoms with Crippen molar-refractivity contribution < 1.29 is 4.79 Å². The van der Waals surface area contributed by atoms with Gasteiger partial charge in [0.05, 0.1) is 6.04 Å². The summed E-state index contributed by atoms with van der Waals surface area (Å²) in [5, 5.41) is 14.1. The van der Waals surface area contributed by atoms with E-state index in [4.69, 9.17) is 0 Å². The summed E-state index contributed by atoms with van der Waals surface area (Å²) in [4.78, 5) is 12.2. The van der Waals surface area contributed by atoms with Gasteiger partial charge in [-0.25, -0.2) is 0 Å². The summed E-state index contributed by atoms with van der Waals surface area (Å²) < 4.78 is 1.86. The highest BCUT2D eigenvalue weighted by molar-refractivity contribution is 5.82. The first-order valence-electron chi connectivity index (χ1n) is 7.15. The normalized spacial score (nSPS) is 17.3. The van der Waals surface area contributed by atoms with Crippen molar-refractivity contribution in [2.75, 3.05) is 6.54 Å². The number of nitrogens with zero attached hydrogens (tertiary/aromatic N) is 3. The maximum Gasteiger partial charge on any atom is 0.237 e. The van der Waals surface area contributed by atoms with Gasteiger partial charge in [0, 0.05) is 26.6 Å². The maximum absolute atomic E-state index is 12.2.